The molecule has 1 aromatic heterocycles. The van der Waals surface area contributed by atoms with E-state index < -0.39 is 5.56 Å². The van der Waals surface area contributed by atoms with Gasteiger partial charge in [-0.1, -0.05) is 25.7 Å². The monoisotopic (exact) mass is 420 g/mol. The van der Waals surface area contributed by atoms with Crippen molar-refractivity contribution >= 4 is 17.5 Å². The van der Waals surface area contributed by atoms with Gasteiger partial charge in [0.1, 0.15) is 18.2 Å². The number of aryl methyl sites for hydroxylation is 2. The lowest BCUT2D eigenvalue weighted by Crippen LogP contribution is -2.34. The zero-order valence-corrected chi connectivity index (χ0v) is 18.0. The molecule has 0 unspecified atom stereocenters. The molecule has 1 aliphatic carbocycles. The quantitative estimate of drug-likeness (QED) is 0.723. The summed E-state index contributed by atoms with van der Waals surface area (Å²) < 4.78 is 1.29. The number of nitrogens with one attached hydrogen (secondary N) is 2. The first-order chi connectivity index (χ1) is 14.9. The van der Waals surface area contributed by atoms with Crippen LogP contribution in [0.25, 0.3) is 0 Å². The molecule has 2 amide bonds. The Balaban J connectivity index is 1.62. The maximum Gasteiger partial charge on any atom is 0.269 e. The number of rotatable bonds is 5. The number of nitrogens with zero attached hydrogens (tertiary/aromatic N) is 2. The molecule has 0 aliphatic heterocycles. The summed E-state index contributed by atoms with van der Waals surface area (Å²) in [6.07, 6.45) is 6.79. The summed E-state index contributed by atoms with van der Waals surface area (Å²) in [6.45, 7) is 3.24. The molecule has 1 aromatic carbocycles. The Morgan fingerprint density at radius 2 is 1.74 bits per heavy atom. The molecule has 0 spiro atoms. The number of nitriles is 1. The fourth-order valence-electron chi connectivity index (χ4n) is 4.00. The Morgan fingerprint density at radius 3 is 2.35 bits per heavy atom. The highest BCUT2D eigenvalue weighted by molar-refractivity contribution is 5.96. The first kappa shape index (κ1) is 22.3. The number of anilines is 1. The van der Waals surface area contributed by atoms with Crippen molar-refractivity contribution in [1.29, 1.82) is 5.26 Å². The highest BCUT2D eigenvalue weighted by Crippen LogP contribution is 2.18. The predicted octanol–water partition coefficient (Wildman–Crippen LogP) is 3.43. The highest BCUT2D eigenvalue weighted by atomic mass is 16.2. The molecule has 2 aromatic rings. The van der Waals surface area contributed by atoms with Crippen LogP contribution in [0.15, 0.2) is 35.1 Å². The van der Waals surface area contributed by atoms with E-state index in [1.807, 2.05) is 6.07 Å². The van der Waals surface area contributed by atoms with Crippen molar-refractivity contribution in [3.8, 4) is 6.07 Å². The van der Waals surface area contributed by atoms with Gasteiger partial charge < -0.3 is 15.2 Å². The molecule has 2 N–H and O–H groups in total. The van der Waals surface area contributed by atoms with Gasteiger partial charge in [0.05, 0.1) is 0 Å². The smallest absolute Gasteiger partial charge is 0.269 e. The number of pyridine rings is 1. The second-order valence-corrected chi connectivity index (χ2v) is 8.13. The van der Waals surface area contributed by atoms with Crippen LogP contribution in [0, 0.1) is 25.2 Å². The van der Waals surface area contributed by atoms with Crippen molar-refractivity contribution < 1.29 is 9.59 Å². The van der Waals surface area contributed by atoms with Crippen molar-refractivity contribution in [2.24, 2.45) is 0 Å². The van der Waals surface area contributed by atoms with Crippen LogP contribution in [0.1, 0.15) is 65.7 Å². The van der Waals surface area contributed by atoms with E-state index in [0.717, 1.165) is 25.7 Å². The molecule has 7 nitrogen and oxygen atoms in total. The molecule has 1 fully saturated rings. The maximum absolute atomic E-state index is 12.5. The lowest BCUT2D eigenvalue weighted by Gasteiger charge is -2.16. The molecule has 0 radical (unpaired) electrons. The number of amides is 2. The van der Waals surface area contributed by atoms with Crippen LogP contribution in [0.2, 0.25) is 0 Å². The molecular formula is C24H28N4O3. The van der Waals surface area contributed by atoms with Gasteiger partial charge in [-0.25, -0.2) is 0 Å². The van der Waals surface area contributed by atoms with E-state index in [1.165, 1.54) is 17.4 Å². The second kappa shape index (κ2) is 10.1. The summed E-state index contributed by atoms with van der Waals surface area (Å²) in [4.78, 5) is 37.4. The van der Waals surface area contributed by atoms with Gasteiger partial charge in [-0.05, 0) is 62.6 Å². The van der Waals surface area contributed by atoms with Crippen molar-refractivity contribution in [3.63, 3.8) is 0 Å². The molecule has 0 atom stereocenters. The normalized spacial score (nSPS) is 14.4. The van der Waals surface area contributed by atoms with Crippen LogP contribution in [-0.4, -0.2) is 22.4 Å². The molecule has 1 saturated carbocycles. The van der Waals surface area contributed by atoms with Gasteiger partial charge in [0.2, 0.25) is 5.91 Å². The van der Waals surface area contributed by atoms with Crippen LogP contribution < -0.4 is 16.2 Å². The summed E-state index contributed by atoms with van der Waals surface area (Å²) >= 11 is 0. The number of carbonyl (C=O) groups excluding carboxylic acids is 2. The van der Waals surface area contributed by atoms with E-state index in [1.54, 1.807) is 44.2 Å². The van der Waals surface area contributed by atoms with Gasteiger partial charge in [0.15, 0.2) is 0 Å². The molecule has 1 aliphatic rings. The first-order valence-corrected chi connectivity index (χ1v) is 10.7. The van der Waals surface area contributed by atoms with Crippen LogP contribution in [0.4, 0.5) is 5.69 Å². The Hall–Kier alpha value is -3.40. The van der Waals surface area contributed by atoms with E-state index in [0.29, 0.717) is 22.5 Å². The van der Waals surface area contributed by atoms with Gasteiger partial charge in [0.25, 0.3) is 11.5 Å². The van der Waals surface area contributed by atoms with Crippen LogP contribution >= 0.6 is 0 Å². The number of carbonyl (C=O) groups is 2. The molecule has 3 rings (SSSR count). The Kier molecular flexibility index (Phi) is 7.24. The molecule has 0 saturated heterocycles. The fourth-order valence-corrected chi connectivity index (χ4v) is 4.00. The minimum Gasteiger partial charge on any atom is -0.349 e. The van der Waals surface area contributed by atoms with Gasteiger partial charge in [-0.2, -0.15) is 5.26 Å². The van der Waals surface area contributed by atoms with Gasteiger partial charge in [0, 0.05) is 23.0 Å². The van der Waals surface area contributed by atoms with Gasteiger partial charge in [-0.15, -0.1) is 0 Å². The fraction of sp³-hybridized carbons (Fsp3) is 0.417. The van der Waals surface area contributed by atoms with Crippen molar-refractivity contribution in [2.75, 3.05) is 5.32 Å². The topological polar surface area (TPSA) is 104 Å². The number of hydrogen-bond donors (Lipinski definition) is 2. The van der Waals surface area contributed by atoms with Crippen LogP contribution in [0.3, 0.4) is 0 Å². The largest absolute Gasteiger partial charge is 0.349 e. The second-order valence-electron chi connectivity index (χ2n) is 8.13. The average molecular weight is 421 g/mol. The van der Waals surface area contributed by atoms with E-state index in [4.69, 9.17) is 0 Å². The summed E-state index contributed by atoms with van der Waals surface area (Å²) in [5.74, 6) is -0.482. The molecule has 7 heteroatoms. The summed E-state index contributed by atoms with van der Waals surface area (Å²) in [5.41, 5.74) is 1.87. The van der Waals surface area contributed by atoms with E-state index >= 15 is 0 Å². The molecular weight excluding hydrogens is 392 g/mol. The van der Waals surface area contributed by atoms with E-state index in [2.05, 4.69) is 10.6 Å². The zero-order valence-electron chi connectivity index (χ0n) is 18.0. The lowest BCUT2D eigenvalue weighted by molar-refractivity contribution is -0.116. The molecule has 31 heavy (non-hydrogen) atoms. The third-order valence-electron chi connectivity index (χ3n) is 5.74. The average Bonchev–Trinajstić information content (AvgIpc) is 3.00. The summed E-state index contributed by atoms with van der Waals surface area (Å²) in [7, 11) is 0. The van der Waals surface area contributed by atoms with Crippen molar-refractivity contribution in [2.45, 2.75) is 65.0 Å². The number of benzene rings is 1. The third-order valence-corrected chi connectivity index (χ3v) is 5.74. The standard InChI is InChI=1S/C24H28N4O3/c1-16-13-17(2)28(24(31)21(16)14-25)15-22(29)26-20-11-9-18(10-12-20)23(30)27-19-7-5-3-4-6-8-19/h9-13,19H,3-8,15H2,1-2H3,(H,26,29)(H,27,30). The highest BCUT2D eigenvalue weighted by Gasteiger charge is 2.16. The number of hydrogen-bond acceptors (Lipinski definition) is 4. The van der Waals surface area contributed by atoms with Crippen LogP contribution in [0.5, 0.6) is 0 Å². The zero-order chi connectivity index (χ0) is 22.4. The third kappa shape index (κ3) is 5.60. The van der Waals surface area contributed by atoms with Gasteiger partial charge in [-0.3, -0.25) is 14.4 Å². The summed E-state index contributed by atoms with van der Waals surface area (Å²) in [6, 6.07) is 10.5. The molecule has 0 bridgehead atoms. The minimum atomic E-state index is -0.472. The maximum atomic E-state index is 12.5. The number of aromatic nitrogens is 1. The Labute approximate surface area is 182 Å². The first-order valence-electron chi connectivity index (χ1n) is 10.7. The van der Waals surface area contributed by atoms with Gasteiger partial charge >= 0.3 is 0 Å². The SMILES string of the molecule is Cc1cc(C)n(CC(=O)Nc2ccc(C(=O)NC3CCCCCC3)cc2)c(=O)c1C#N. The predicted molar refractivity (Wildman–Crippen MR) is 119 cm³/mol. The summed E-state index contributed by atoms with van der Waals surface area (Å²) in [5, 5.41) is 15.0. The van der Waals surface area contributed by atoms with Crippen LogP contribution in [-0.2, 0) is 11.3 Å². The Bertz CT molecular complexity index is 1060. The molecule has 1 heterocycles. The molecule has 162 valence electrons. The van der Waals surface area contributed by atoms with Crippen molar-refractivity contribution in [1.82, 2.24) is 9.88 Å². The lowest BCUT2D eigenvalue weighted by atomic mass is 10.1. The van der Waals surface area contributed by atoms with E-state index in [-0.39, 0.29) is 30.0 Å². The van der Waals surface area contributed by atoms with Crippen molar-refractivity contribution in [3.05, 3.63) is 63.1 Å². The Morgan fingerprint density at radius 1 is 1.10 bits per heavy atom. The minimum absolute atomic E-state index is 0.0439. The van der Waals surface area contributed by atoms with E-state index in [9.17, 15) is 19.6 Å².